The number of carbonyl (C=O) groups is 1. The maximum Gasteiger partial charge on any atom is 0.244 e. The number of benzene rings is 1. The Morgan fingerprint density at radius 2 is 2.17 bits per heavy atom. The third-order valence-electron chi connectivity index (χ3n) is 3.52. The molecule has 0 spiro atoms. The first-order chi connectivity index (χ1) is 11.6. The molecule has 2 aromatic heterocycles. The molecule has 0 aliphatic carbocycles. The van der Waals surface area contributed by atoms with Crippen LogP contribution in [0.5, 0.6) is 0 Å². The number of hydrogen-bond donors (Lipinski definition) is 2. The number of oxazole rings is 1. The van der Waals surface area contributed by atoms with Crippen LogP contribution in [0.3, 0.4) is 0 Å². The zero-order valence-corrected chi connectivity index (χ0v) is 13.2. The van der Waals surface area contributed by atoms with E-state index in [0.29, 0.717) is 23.7 Å². The van der Waals surface area contributed by atoms with Crippen LogP contribution in [-0.2, 0) is 4.79 Å². The van der Waals surface area contributed by atoms with Gasteiger partial charge in [-0.05, 0) is 31.2 Å². The molecule has 3 aromatic rings. The van der Waals surface area contributed by atoms with E-state index in [-0.39, 0.29) is 11.9 Å². The van der Waals surface area contributed by atoms with Crippen molar-refractivity contribution in [2.45, 2.75) is 25.5 Å². The van der Waals surface area contributed by atoms with Crippen molar-refractivity contribution in [3.63, 3.8) is 0 Å². The topological polar surface area (TPSA) is 88.5 Å². The van der Waals surface area contributed by atoms with Crippen molar-refractivity contribution in [1.29, 1.82) is 0 Å². The van der Waals surface area contributed by atoms with Crippen molar-refractivity contribution in [2.75, 3.05) is 0 Å². The highest BCUT2D eigenvalue weighted by atomic mass is 16.4. The van der Waals surface area contributed by atoms with Gasteiger partial charge in [0, 0.05) is 24.6 Å². The molecule has 0 radical (unpaired) electrons. The molecule has 6 nitrogen and oxygen atoms in total. The Morgan fingerprint density at radius 3 is 2.92 bits per heavy atom. The van der Waals surface area contributed by atoms with Crippen LogP contribution in [0, 0.1) is 0 Å². The summed E-state index contributed by atoms with van der Waals surface area (Å²) >= 11 is 0. The molecule has 0 bridgehead atoms. The van der Waals surface area contributed by atoms with Crippen LogP contribution in [0.1, 0.15) is 31.1 Å². The Morgan fingerprint density at radius 1 is 1.33 bits per heavy atom. The Balaban J connectivity index is 1.54. The van der Waals surface area contributed by atoms with Gasteiger partial charge in [0.1, 0.15) is 17.4 Å². The van der Waals surface area contributed by atoms with E-state index in [4.69, 9.17) is 8.83 Å². The van der Waals surface area contributed by atoms with E-state index < -0.39 is 6.10 Å². The van der Waals surface area contributed by atoms with Crippen LogP contribution in [0.2, 0.25) is 0 Å². The van der Waals surface area contributed by atoms with E-state index in [1.54, 1.807) is 12.1 Å². The Bertz CT molecular complexity index is 803. The van der Waals surface area contributed by atoms with Gasteiger partial charge in [-0.25, -0.2) is 4.98 Å². The second kappa shape index (κ2) is 7.14. The highest BCUT2D eigenvalue weighted by molar-refractivity contribution is 5.91. The number of hydrogen-bond acceptors (Lipinski definition) is 5. The molecule has 124 valence electrons. The Kier molecular flexibility index (Phi) is 4.77. The number of aromatic nitrogens is 1. The summed E-state index contributed by atoms with van der Waals surface area (Å²) in [6, 6.07) is 10.6. The standard InChI is InChI=1S/C18H18N2O4/c1-12(11-14(21)16-7-4-10-23-16)19-17(22)8-9-18-20-13-5-2-3-6-15(13)24-18/h2-10,12,14,21H,11H2,1H3,(H,19,22)/b9-8+. The molecule has 0 fully saturated rings. The minimum absolute atomic E-state index is 0.217. The summed E-state index contributed by atoms with van der Waals surface area (Å²) in [5.74, 6) is 0.573. The van der Waals surface area contributed by atoms with E-state index in [9.17, 15) is 9.90 Å². The smallest absolute Gasteiger partial charge is 0.244 e. The van der Waals surface area contributed by atoms with Crippen LogP contribution in [0.25, 0.3) is 17.2 Å². The predicted molar refractivity (Wildman–Crippen MR) is 88.9 cm³/mol. The van der Waals surface area contributed by atoms with Crippen LogP contribution in [-0.4, -0.2) is 22.0 Å². The van der Waals surface area contributed by atoms with E-state index in [0.717, 1.165) is 5.52 Å². The molecule has 3 rings (SSSR count). The zero-order chi connectivity index (χ0) is 16.9. The van der Waals surface area contributed by atoms with Gasteiger partial charge in [-0.3, -0.25) is 4.79 Å². The lowest BCUT2D eigenvalue weighted by Crippen LogP contribution is -2.32. The van der Waals surface area contributed by atoms with Gasteiger partial charge in [0.25, 0.3) is 0 Å². The van der Waals surface area contributed by atoms with Crippen molar-refractivity contribution < 1.29 is 18.7 Å². The summed E-state index contributed by atoms with van der Waals surface area (Å²) in [5.41, 5.74) is 1.42. The monoisotopic (exact) mass is 326 g/mol. The van der Waals surface area contributed by atoms with Gasteiger partial charge in [0.05, 0.1) is 6.26 Å². The van der Waals surface area contributed by atoms with E-state index in [1.165, 1.54) is 18.4 Å². The molecule has 6 heteroatoms. The average molecular weight is 326 g/mol. The molecular weight excluding hydrogens is 308 g/mol. The van der Waals surface area contributed by atoms with E-state index >= 15 is 0 Å². The number of fused-ring (bicyclic) bond motifs is 1. The number of furan rings is 1. The number of para-hydroxylation sites is 2. The summed E-state index contributed by atoms with van der Waals surface area (Å²) in [6.45, 7) is 1.82. The highest BCUT2D eigenvalue weighted by Crippen LogP contribution is 2.18. The van der Waals surface area contributed by atoms with Crippen LogP contribution in [0.4, 0.5) is 0 Å². The quantitative estimate of drug-likeness (QED) is 0.680. The van der Waals surface area contributed by atoms with Crippen LogP contribution in [0.15, 0.2) is 57.6 Å². The summed E-state index contributed by atoms with van der Waals surface area (Å²) in [5, 5.41) is 12.8. The number of nitrogens with zero attached hydrogens (tertiary/aromatic N) is 1. The molecule has 24 heavy (non-hydrogen) atoms. The van der Waals surface area contributed by atoms with Crippen molar-refractivity contribution >= 4 is 23.1 Å². The van der Waals surface area contributed by atoms with E-state index in [1.807, 2.05) is 31.2 Å². The minimum atomic E-state index is -0.753. The van der Waals surface area contributed by atoms with E-state index in [2.05, 4.69) is 10.3 Å². The summed E-state index contributed by atoms with van der Waals surface area (Å²) in [4.78, 5) is 16.2. The number of nitrogens with one attached hydrogen (secondary N) is 1. The lowest BCUT2D eigenvalue weighted by Gasteiger charge is -2.15. The van der Waals surface area contributed by atoms with Gasteiger partial charge in [-0.2, -0.15) is 0 Å². The first kappa shape index (κ1) is 16.0. The van der Waals surface area contributed by atoms with Crippen molar-refractivity contribution in [1.82, 2.24) is 10.3 Å². The third-order valence-corrected chi connectivity index (χ3v) is 3.52. The number of aliphatic hydroxyl groups is 1. The number of rotatable bonds is 6. The lowest BCUT2D eigenvalue weighted by atomic mass is 10.1. The van der Waals surface area contributed by atoms with Crippen LogP contribution < -0.4 is 5.32 Å². The van der Waals surface area contributed by atoms with Gasteiger partial charge in [0.15, 0.2) is 5.58 Å². The van der Waals surface area contributed by atoms with Crippen LogP contribution >= 0.6 is 0 Å². The van der Waals surface area contributed by atoms with Crippen molar-refractivity contribution in [3.8, 4) is 0 Å². The first-order valence-electron chi connectivity index (χ1n) is 7.67. The van der Waals surface area contributed by atoms with Gasteiger partial charge in [-0.1, -0.05) is 12.1 Å². The average Bonchev–Trinajstić information content (AvgIpc) is 3.21. The second-order valence-corrected chi connectivity index (χ2v) is 5.53. The molecule has 2 N–H and O–H groups in total. The summed E-state index contributed by atoms with van der Waals surface area (Å²) < 4.78 is 10.6. The molecular formula is C18H18N2O4. The lowest BCUT2D eigenvalue weighted by molar-refractivity contribution is -0.117. The maximum absolute atomic E-state index is 11.9. The molecule has 0 saturated carbocycles. The molecule has 2 unspecified atom stereocenters. The van der Waals surface area contributed by atoms with Crippen molar-refractivity contribution in [2.24, 2.45) is 0 Å². The molecule has 1 aromatic carbocycles. The highest BCUT2D eigenvalue weighted by Gasteiger charge is 2.15. The Labute approximate surface area is 138 Å². The zero-order valence-electron chi connectivity index (χ0n) is 13.2. The SMILES string of the molecule is CC(CC(O)c1ccco1)NC(=O)/C=C/c1nc2ccccc2o1. The number of amides is 1. The fourth-order valence-corrected chi connectivity index (χ4v) is 2.39. The number of carbonyl (C=O) groups excluding carboxylic acids is 1. The third kappa shape index (κ3) is 3.91. The summed E-state index contributed by atoms with van der Waals surface area (Å²) in [7, 11) is 0. The van der Waals surface area contributed by atoms with Crippen molar-refractivity contribution in [3.05, 3.63) is 60.4 Å². The molecule has 0 aliphatic rings. The van der Waals surface area contributed by atoms with Gasteiger partial charge >= 0.3 is 0 Å². The van der Waals surface area contributed by atoms with Gasteiger partial charge in [-0.15, -0.1) is 0 Å². The maximum atomic E-state index is 11.9. The predicted octanol–water partition coefficient (Wildman–Crippen LogP) is 3.06. The second-order valence-electron chi connectivity index (χ2n) is 5.53. The Hall–Kier alpha value is -2.86. The van der Waals surface area contributed by atoms with Gasteiger partial charge < -0.3 is 19.3 Å². The molecule has 0 aliphatic heterocycles. The normalized spacial score (nSPS) is 14.1. The minimum Gasteiger partial charge on any atom is -0.467 e. The number of aliphatic hydroxyl groups excluding tert-OH is 1. The molecule has 1 amide bonds. The summed E-state index contributed by atoms with van der Waals surface area (Å²) in [6.07, 6.45) is 3.99. The molecule has 0 saturated heterocycles. The molecule has 2 atom stereocenters. The largest absolute Gasteiger partial charge is 0.467 e. The molecule has 2 heterocycles. The first-order valence-corrected chi connectivity index (χ1v) is 7.67. The fraction of sp³-hybridized carbons (Fsp3) is 0.222. The van der Waals surface area contributed by atoms with Gasteiger partial charge in [0.2, 0.25) is 11.8 Å². The fourth-order valence-electron chi connectivity index (χ4n) is 2.39.